The van der Waals surface area contributed by atoms with Gasteiger partial charge < -0.3 is 14.9 Å². The lowest BCUT2D eigenvalue weighted by atomic mass is 10.2. The van der Waals surface area contributed by atoms with Crippen LogP contribution in [0.2, 0.25) is 0 Å². The SMILES string of the molecule is CCC(Oc1ccc(/C=C2\SC(=S)N(CC(=O)O)C2=O)cc1)C(=O)O. The lowest BCUT2D eigenvalue weighted by Crippen LogP contribution is -2.33. The van der Waals surface area contributed by atoms with Gasteiger partial charge in [0.2, 0.25) is 0 Å². The van der Waals surface area contributed by atoms with Crippen LogP contribution in [0.15, 0.2) is 29.2 Å². The molecule has 9 heteroatoms. The fraction of sp³-hybridized carbons (Fsp3) is 0.250. The van der Waals surface area contributed by atoms with Gasteiger partial charge in [-0.25, -0.2) is 4.79 Å². The zero-order valence-electron chi connectivity index (χ0n) is 13.2. The number of carboxylic acid groups (broad SMARTS) is 2. The molecule has 7 nitrogen and oxygen atoms in total. The molecule has 1 aliphatic rings. The molecule has 1 heterocycles. The summed E-state index contributed by atoms with van der Waals surface area (Å²) in [7, 11) is 0. The smallest absolute Gasteiger partial charge is 0.344 e. The highest BCUT2D eigenvalue weighted by molar-refractivity contribution is 8.26. The average Bonchev–Trinajstić information content (AvgIpc) is 2.81. The van der Waals surface area contributed by atoms with Crippen molar-refractivity contribution in [1.29, 1.82) is 0 Å². The first-order chi connectivity index (χ1) is 11.8. The monoisotopic (exact) mass is 381 g/mol. The van der Waals surface area contributed by atoms with Crippen LogP contribution < -0.4 is 4.74 Å². The zero-order chi connectivity index (χ0) is 18.6. The first-order valence-corrected chi connectivity index (χ1v) is 8.51. The lowest BCUT2D eigenvalue weighted by Gasteiger charge is -2.13. The number of carbonyl (C=O) groups is 3. The van der Waals surface area contributed by atoms with Crippen molar-refractivity contribution >= 4 is 52.2 Å². The standard InChI is InChI=1S/C16H15NO6S2/c1-2-11(15(21)22)23-10-5-3-9(4-6-10)7-12-14(20)17(8-13(18)19)16(24)25-12/h3-7,11H,2,8H2,1H3,(H,18,19)(H,21,22)/b12-7-. The van der Waals surface area contributed by atoms with Crippen LogP contribution in [0.1, 0.15) is 18.9 Å². The number of thioether (sulfide) groups is 1. The fourth-order valence-electron chi connectivity index (χ4n) is 2.04. The molecule has 1 aromatic rings. The summed E-state index contributed by atoms with van der Waals surface area (Å²) in [6, 6.07) is 6.56. The number of aliphatic carboxylic acids is 2. The van der Waals surface area contributed by atoms with Crippen LogP contribution >= 0.6 is 24.0 Å². The third kappa shape index (κ3) is 4.80. The van der Waals surface area contributed by atoms with Gasteiger partial charge >= 0.3 is 11.9 Å². The van der Waals surface area contributed by atoms with Crippen LogP contribution in [0.3, 0.4) is 0 Å². The maximum absolute atomic E-state index is 12.2. The van der Waals surface area contributed by atoms with E-state index in [0.29, 0.717) is 22.6 Å². The Labute approximate surface area is 153 Å². The maximum Gasteiger partial charge on any atom is 0.344 e. The van der Waals surface area contributed by atoms with Crippen LogP contribution in [0, 0.1) is 0 Å². The van der Waals surface area contributed by atoms with Crippen LogP contribution in [0.25, 0.3) is 6.08 Å². The van der Waals surface area contributed by atoms with E-state index in [2.05, 4.69) is 0 Å². The number of rotatable bonds is 7. The van der Waals surface area contributed by atoms with Gasteiger partial charge in [-0.2, -0.15) is 0 Å². The average molecular weight is 381 g/mol. The van der Waals surface area contributed by atoms with E-state index in [1.807, 2.05) is 0 Å². The largest absolute Gasteiger partial charge is 0.480 e. The highest BCUT2D eigenvalue weighted by Gasteiger charge is 2.33. The van der Waals surface area contributed by atoms with Crippen LogP contribution in [-0.2, 0) is 14.4 Å². The van der Waals surface area contributed by atoms with E-state index in [1.165, 1.54) is 0 Å². The Hall–Kier alpha value is -2.39. The number of nitrogens with zero attached hydrogens (tertiary/aromatic N) is 1. The number of hydrogen-bond donors (Lipinski definition) is 2. The Morgan fingerprint density at radius 2 is 1.96 bits per heavy atom. The van der Waals surface area contributed by atoms with Gasteiger partial charge in [0.05, 0.1) is 4.91 Å². The molecule has 132 valence electrons. The Balaban J connectivity index is 2.11. The number of ether oxygens (including phenoxy) is 1. The molecule has 1 saturated heterocycles. The van der Waals surface area contributed by atoms with Crippen molar-refractivity contribution in [2.75, 3.05) is 6.54 Å². The molecular formula is C16H15NO6S2. The summed E-state index contributed by atoms with van der Waals surface area (Å²) in [4.78, 5) is 35.3. The molecule has 1 atom stereocenters. The minimum atomic E-state index is -1.14. The number of hydrogen-bond acceptors (Lipinski definition) is 6. The number of carbonyl (C=O) groups excluding carboxylic acids is 1. The van der Waals surface area contributed by atoms with Gasteiger partial charge in [0, 0.05) is 0 Å². The third-order valence-electron chi connectivity index (χ3n) is 3.27. The van der Waals surface area contributed by atoms with Crippen LogP contribution in [0.4, 0.5) is 0 Å². The lowest BCUT2D eigenvalue weighted by molar-refractivity contribution is -0.145. The van der Waals surface area contributed by atoms with Gasteiger partial charge in [0.1, 0.15) is 16.6 Å². The molecule has 0 bridgehead atoms. The molecule has 1 amide bonds. The summed E-state index contributed by atoms with van der Waals surface area (Å²) in [6.45, 7) is 1.24. The molecule has 1 unspecified atom stereocenters. The van der Waals surface area contributed by atoms with Gasteiger partial charge in [-0.05, 0) is 30.2 Å². The Kier molecular flexibility index (Phi) is 6.16. The molecule has 0 spiro atoms. The molecule has 1 fully saturated rings. The fourth-order valence-corrected chi connectivity index (χ4v) is 3.29. The highest BCUT2D eigenvalue weighted by atomic mass is 32.2. The molecule has 2 rings (SSSR count). The second-order valence-corrected chi connectivity index (χ2v) is 6.76. The number of benzene rings is 1. The van der Waals surface area contributed by atoms with E-state index in [4.69, 9.17) is 27.2 Å². The van der Waals surface area contributed by atoms with Gasteiger partial charge in [-0.3, -0.25) is 14.5 Å². The molecule has 1 aliphatic heterocycles. The van der Waals surface area contributed by atoms with Gasteiger partial charge in [0.15, 0.2) is 6.10 Å². The van der Waals surface area contributed by atoms with Crippen molar-refractivity contribution in [2.24, 2.45) is 0 Å². The van der Waals surface area contributed by atoms with E-state index in [0.717, 1.165) is 16.7 Å². The van der Waals surface area contributed by atoms with Gasteiger partial charge in [-0.1, -0.05) is 43.0 Å². The Bertz CT molecular complexity index is 743. The molecular weight excluding hydrogens is 366 g/mol. The summed E-state index contributed by atoms with van der Waals surface area (Å²) in [5.41, 5.74) is 0.687. The normalized spacial score (nSPS) is 17.0. The predicted molar refractivity (Wildman–Crippen MR) is 96.3 cm³/mol. The quantitative estimate of drug-likeness (QED) is 0.547. The molecule has 0 radical (unpaired) electrons. The minimum Gasteiger partial charge on any atom is -0.480 e. The van der Waals surface area contributed by atoms with E-state index in [-0.39, 0.29) is 4.32 Å². The van der Waals surface area contributed by atoms with Crippen LogP contribution in [-0.4, -0.2) is 49.9 Å². The van der Waals surface area contributed by atoms with E-state index >= 15 is 0 Å². The van der Waals surface area contributed by atoms with Crippen molar-refractivity contribution in [3.63, 3.8) is 0 Å². The number of thiocarbonyl (C=S) groups is 1. The second kappa shape index (κ2) is 8.13. The van der Waals surface area contributed by atoms with E-state index < -0.39 is 30.5 Å². The van der Waals surface area contributed by atoms with E-state index in [9.17, 15) is 14.4 Å². The second-order valence-electron chi connectivity index (χ2n) is 5.08. The highest BCUT2D eigenvalue weighted by Crippen LogP contribution is 2.32. The maximum atomic E-state index is 12.2. The molecule has 2 N–H and O–H groups in total. The summed E-state index contributed by atoms with van der Waals surface area (Å²) < 4.78 is 5.56. The van der Waals surface area contributed by atoms with Crippen molar-refractivity contribution in [2.45, 2.75) is 19.4 Å². The van der Waals surface area contributed by atoms with E-state index in [1.54, 1.807) is 37.3 Å². The summed E-state index contributed by atoms with van der Waals surface area (Å²) in [5.74, 6) is -2.21. The molecule has 0 aliphatic carbocycles. The first-order valence-electron chi connectivity index (χ1n) is 7.28. The number of carboxylic acids is 2. The van der Waals surface area contributed by atoms with Crippen molar-refractivity contribution in [3.8, 4) is 5.75 Å². The molecule has 0 aromatic heterocycles. The summed E-state index contributed by atoms with van der Waals surface area (Å²) in [6.07, 6.45) is 1.01. The Morgan fingerprint density at radius 3 is 2.48 bits per heavy atom. The van der Waals surface area contributed by atoms with Crippen molar-refractivity contribution in [1.82, 2.24) is 4.90 Å². The van der Waals surface area contributed by atoms with Gasteiger partial charge in [0.25, 0.3) is 5.91 Å². The predicted octanol–water partition coefficient (Wildman–Crippen LogP) is 2.21. The van der Waals surface area contributed by atoms with Crippen molar-refractivity contribution in [3.05, 3.63) is 34.7 Å². The zero-order valence-corrected chi connectivity index (χ0v) is 14.8. The molecule has 0 saturated carbocycles. The minimum absolute atomic E-state index is 0.200. The third-order valence-corrected chi connectivity index (χ3v) is 4.65. The topological polar surface area (TPSA) is 104 Å². The summed E-state index contributed by atoms with van der Waals surface area (Å²) >= 11 is 6.06. The molecule has 1 aromatic carbocycles. The number of amides is 1. The van der Waals surface area contributed by atoms with Crippen LogP contribution in [0.5, 0.6) is 5.75 Å². The Morgan fingerprint density at radius 1 is 1.32 bits per heavy atom. The first kappa shape index (κ1) is 18.9. The molecule has 25 heavy (non-hydrogen) atoms. The van der Waals surface area contributed by atoms with Crippen molar-refractivity contribution < 1.29 is 29.3 Å². The van der Waals surface area contributed by atoms with Gasteiger partial charge in [-0.15, -0.1) is 0 Å². The summed E-state index contributed by atoms with van der Waals surface area (Å²) in [5, 5.41) is 17.8.